The lowest BCUT2D eigenvalue weighted by Crippen LogP contribution is -2.40. The number of esters is 1. The van der Waals surface area contributed by atoms with E-state index >= 15 is 0 Å². The van der Waals surface area contributed by atoms with E-state index in [1.807, 2.05) is 6.07 Å². The quantitative estimate of drug-likeness (QED) is 0.853. The monoisotopic (exact) mass is 317 g/mol. The summed E-state index contributed by atoms with van der Waals surface area (Å²) >= 11 is 0. The van der Waals surface area contributed by atoms with Gasteiger partial charge in [0.25, 0.3) is 0 Å². The third kappa shape index (κ3) is 2.97. The number of nitrogens with two attached hydrogens (primary N) is 1. The molecule has 1 fully saturated rings. The molecule has 23 heavy (non-hydrogen) atoms. The molecular formula is C16H19N3O4. The molecule has 1 saturated heterocycles. The summed E-state index contributed by atoms with van der Waals surface area (Å²) in [6, 6.07) is 6.93. The van der Waals surface area contributed by atoms with Crippen molar-refractivity contribution in [2.24, 2.45) is 5.73 Å². The fourth-order valence-electron chi connectivity index (χ4n) is 2.73. The molecule has 3 rings (SSSR count). The third-order valence-corrected chi connectivity index (χ3v) is 4.26. The van der Waals surface area contributed by atoms with Crippen molar-refractivity contribution in [1.82, 2.24) is 10.1 Å². The van der Waals surface area contributed by atoms with Crippen molar-refractivity contribution >= 4 is 5.97 Å². The zero-order chi connectivity index (χ0) is 16.3. The second-order valence-corrected chi connectivity index (χ2v) is 5.59. The molecule has 122 valence electrons. The van der Waals surface area contributed by atoms with Crippen LogP contribution in [-0.4, -0.2) is 43.0 Å². The highest BCUT2D eigenvalue weighted by molar-refractivity contribution is 5.90. The van der Waals surface area contributed by atoms with Crippen LogP contribution in [0, 0.1) is 0 Å². The molecule has 1 aromatic carbocycles. The molecule has 0 aliphatic carbocycles. The average molecular weight is 317 g/mol. The summed E-state index contributed by atoms with van der Waals surface area (Å²) in [7, 11) is 1.34. The van der Waals surface area contributed by atoms with Crippen molar-refractivity contribution in [2.45, 2.75) is 18.3 Å². The van der Waals surface area contributed by atoms with E-state index in [0.29, 0.717) is 42.6 Å². The molecule has 0 spiro atoms. The number of methoxy groups -OCH3 is 1. The van der Waals surface area contributed by atoms with E-state index in [0.717, 1.165) is 12.8 Å². The minimum absolute atomic E-state index is 0.330. The topological polar surface area (TPSA) is 100 Å². The lowest BCUT2D eigenvalue weighted by molar-refractivity contribution is 0.0409. The number of rotatable bonds is 4. The highest BCUT2D eigenvalue weighted by atomic mass is 16.5. The van der Waals surface area contributed by atoms with Crippen molar-refractivity contribution in [3.63, 3.8) is 0 Å². The number of ether oxygens (including phenoxy) is 2. The van der Waals surface area contributed by atoms with E-state index in [-0.39, 0.29) is 5.41 Å². The van der Waals surface area contributed by atoms with Gasteiger partial charge in [-0.05, 0) is 25.0 Å². The van der Waals surface area contributed by atoms with E-state index in [1.165, 1.54) is 7.11 Å². The molecule has 0 saturated carbocycles. The molecule has 2 aromatic rings. The summed E-state index contributed by atoms with van der Waals surface area (Å²) in [6.45, 7) is 1.69. The maximum absolute atomic E-state index is 11.6. The van der Waals surface area contributed by atoms with Crippen LogP contribution < -0.4 is 5.73 Å². The zero-order valence-electron chi connectivity index (χ0n) is 12.9. The number of carbonyl (C=O) groups excluding carboxylic acids is 1. The number of carbonyl (C=O) groups is 1. The van der Waals surface area contributed by atoms with Crippen LogP contribution in [0.15, 0.2) is 28.8 Å². The highest BCUT2D eigenvalue weighted by Gasteiger charge is 2.38. The van der Waals surface area contributed by atoms with Crippen molar-refractivity contribution in [2.75, 3.05) is 26.9 Å². The first-order valence-corrected chi connectivity index (χ1v) is 7.49. The maximum atomic E-state index is 11.6. The molecule has 0 bridgehead atoms. The lowest BCUT2D eigenvalue weighted by Gasteiger charge is -2.32. The Morgan fingerprint density at radius 1 is 1.39 bits per heavy atom. The van der Waals surface area contributed by atoms with Gasteiger partial charge in [0.2, 0.25) is 11.7 Å². The molecule has 2 N–H and O–H groups in total. The molecule has 1 aliphatic rings. The van der Waals surface area contributed by atoms with Crippen LogP contribution in [0.25, 0.3) is 11.4 Å². The van der Waals surface area contributed by atoms with Crippen LogP contribution in [0.5, 0.6) is 0 Å². The van der Waals surface area contributed by atoms with Gasteiger partial charge in [-0.1, -0.05) is 17.3 Å². The van der Waals surface area contributed by atoms with Gasteiger partial charge in [-0.2, -0.15) is 4.98 Å². The number of hydrogen-bond donors (Lipinski definition) is 1. The summed E-state index contributed by atoms with van der Waals surface area (Å²) < 4.78 is 15.6. The number of benzene rings is 1. The standard InChI is InChI=1S/C16H19N3O4/c1-21-14(20)12-4-2-3-11(9-12)13-18-15(23-19-13)16(10-17)5-7-22-8-6-16/h2-4,9H,5-8,10,17H2,1H3. The van der Waals surface area contributed by atoms with E-state index in [4.69, 9.17) is 19.7 Å². The number of aromatic nitrogens is 2. The Kier molecular flexibility index (Phi) is 4.40. The fourth-order valence-corrected chi connectivity index (χ4v) is 2.73. The van der Waals surface area contributed by atoms with Crippen LogP contribution in [0.2, 0.25) is 0 Å². The Labute approximate surface area is 133 Å². The molecule has 1 aromatic heterocycles. The summed E-state index contributed by atoms with van der Waals surface area (Å²) in [5, 5.41) is 4.05. The minimum atomic E-state index is -0.404. The van der Waals surface area contributed by atoms with Gasteiger partial charge in [-0.3, -0.25) is 0 Å². The molecule has 7 heteroatoms. The van der Waals surface area contributed by atoms with Gasteiger partial charge in [-0.15, -0.1) is 0 Å². The van der Waals surface area contributed by atoms with Crippen molar-refractivity contribution in [1.29, 1.82) is 0 Å². The smallest absolute Gasteiger partial charge is 0.337 e. The second kappa shape index (κ2) is 6.47. The Hall–Kier alpha value is -2.25. The highest BCUT2D eigenvalue weighted by Crippen LogP contribution is 2.33. The van der Waals surface area contributed by atoms with Crippen LogP contribution in [0.4, 0.5) is 0 Å². The van der Waals surface area contributed by atoms with Crippen molar-refractivity contribution < 1.29 is 18.8 Å². The van der Waals surface area contributed by atoms with Gasteiger partial charge >= 0.3 is 5.97 Å². The molecule has 0 amide bonds. The normalized spacial score (nSPS) is 17.0. The maximum Gasteiger partial charge on any atom is 0.337 e. The lowest BCUT2D eigenvalue weighted by atomic mass is 9.80. The molecule has 2 heterocycles. The first-order valence-electron chi connectivity index (χ1n) is 7.49. The van der Waals surface area contributed by atoms with Gasteiger partial charge < -0.3 is 19.7 Å². The average Bonchev–Trinajstić information content (AvgIpc) is 3.12. The summed E-state index contributed by atoms with van der Waals surface area (Å²) in [5.74, 6) is 0.560. The van der Waals surface area contributed by atoms with Crippen LogP contribution in [0.3, 0.4) is 0 Å². The van der Waals surface area contributed by atoms with E-state index in [1.54, 1.807) is 18.2 Å². The molecule has 0 unspecified atom stereocenters. The largest absolute Gasteiger partial charge is 0.465 e. The minimum Gasteiger partial charge on any atom is -0.465 e. The first-order chi connectivity index (χ1) is 11.2. The second-order valence-electron chi connectivity index (χ2n) is 5.59. The summed E-state index contributed by atoms with van der Waals surface area (Å²) in [6.07, 6.45) is 1.51. The Morgan fingerprint density at radius 2 is 2.17 bits per heavy atom. The summed E-state index contributed by atoms with van der Waals surface area (Å²) in [4.78, 5) is 16.1. The van der Waals surface area contributed by atoms with Gasteiger partial charge in [0, 0.05) is 25.3 Å². The van der Waals surface area contributed by atoms with Gasteiger partial charge in [-0.25, -0.2) is 4.79 Å². The van der Waals surface area contributed by atoms with Crippen molar-refractivity contribution in [3.8, 4) is 11.4 Å². The Balaban J connectivity index is 1.91. The number of nitrogens with zero attached hydrogens (tertiary/aromatic N) is 2. The van der Waals surface area contributed by atoms with Crippen LogP contribution >= 0.6 is 0 Å². The van der Waals surface area contributed by atoms with Crippen LogP contribution in [0.1, 0.15) is 29.1 Å². The van der Waals surface area contributed by atoms with Crippen LogP contribution in [-0.2, 0) is 14.9 Å². The molecule has 7 nitrogen and oxygen atoms in total. The zero-order valence-corrected chi connectivity index (χ0v) is 12.9. The van der Waals surface area contributed by atoms with Gasteiger partial charge in [0.05, 0.1) is 18.1 Å². The fraction of sp³-hybridized carbons (Fsp3) is 0.438. The first kappa shape index (κ1) is 15.6. The third-order valence-electron chi connectivity index (χ3n) is 4.26. The molecule has 0 atom stereocenters. The Bertz CT molecular complexity index is 692. The molecule has 1 aliphatic heterocycles. The van der Waals surface area contributed by atoms with Gasteiger partial charge in [0.15, 0.2) is 0 Å². The van der Waals surface area contributed by atoms with Gasteiger partial charge in [0.1, 0.15) is 0 Å². The van der Waals surface area contributed by atoms with E-state index in [9.17, 15) is 4.79 Å². The number of hydrogen-bond acceptors (Lipinski definition) is 7. The SMILES string of the molecule is COC(=O)c1cccc(-c2noc(C3(CN)CCOCC3)n2)c1. The Morgan fingerprint density at radius 3 is 2.87 bits per heavy atom. The summed E-state index contributed by atoms with van der Waals surface area (Å²) in [5.41, 5.74) is 6.76. The van der Waals surface area contributed by atoms with Crippen molar-refractivity contribution in [3.05, 3.63) is 35.7 Å². The molecular weight excluding hydrogens is 298 g/mol. The predicted octanol–water partition coefficient (Wildman–Crippen LogP) is 1.53. The predicted molar refractivity (Wildman–Crippen MR) is 81.9 cm³/mol. The van der Waals surface area contributed by atoms with E-state index in [2.05, 4.69) is 10.1 Å². The molecule has 0 radical (unpaired) electrons. The van der Waals surface area contributed by atoms with E-state index < -0.39 is 5.97 Å².